The van der Waals surface area contributed by atoms with E-state index in [-0.39, 0.29) is 6.17 Å². The summed E-state index contributed by atoms with van der Waals surface area (Å²) in [6.07, 6.45) is 0.0993. The van der Waals surface area contributed by atoms with Gasteiger partial charge in [0.05, 0.1) is 6.92 Å². The normalized spacial score (nSPS) is 15.6. The lowest BCUT2D eigenvalue weighted by atomic mass is 10.1. The number of hydrogen-bond acceptors (Lipinski definition) is 0. The minimum atomic E-state index is 0.0993. The lowest BCUT2D eigenvalue weighted by Gasteiger charge is -2.11. The van der Waals surface area contributed by atoms with Gasteiger partial charge in [0.25, 0.3) is 11.4 Å². The van der Waals surface area contributed by atoms with E-state index >= 15 is 0 Å². The van der Waals surface area contributed by atoms with Crippen LogP contribution in [0.1, 0.15) is 31.9 Å². The number of rotatable bonds is 2. The number of aryl methyl sites for hydroxylation is 2. The van der Waals surface area contributed by atoms with Gasteiger partial charge >= 0.3 is 6.17 Å². The SMILES string of the molecule is CC1=[N+](c2c(C)cccc2Cl)C(C)[N+](c2c(C)cccc2Cl)=C1C. The molecule has 1 heterocycles. The highest BCUT2D eigenvalue weighted by atomic mass is 35.5. The van der Waals surface area contributed by atoms with E-state index in [1.165, 1.54) is 22.6 Å². The van der Waals surface area contributed by atoms with Gasteiger partial charge in [-0.15, -0.1) is 9.15 Å². The summed E-state index contributed by atoms with van der Waals surface area (Å²) >= 11 is 13.1. The Morgan fingerprint density at radius 1 is 0.708 bits per heavy atom. The van der Waals surface area contributed by atoms with Gasteiger partial charge in [0.1, 0.15) is 10.0 Å². The van der Waals surface area contributed by atoms with E-state index in [9.17, 15) is 0 Å². The molecule has 2 nitrogen and oxygen atoms in total. The van der Waals surface area contributed by atoms with Crippen molar-refractivity contribution in [3.63, 3.8) is 0 Å². The quantitative estimate of drug-likeness (QED) is 0.589. The van der Waals surface area contributed by atoms with Crippen LogP contribution < -0.4 is 0 Å². The van der Waals surface area contributed by atoms with E-state index in [1.54, 1.807) is 0 Å². The molecule has 4 heteroatoms. The molecule has 1 aliphatic heterocycles. The maximum Gasteiger partial charge on any atom is 0.351 e. The summed E-state index contributed by atoms with van der Waals surface area (Å²) in [5, 5.41) is 1.54. The van der Waals surface area contributed by atoms with Gasteiger partial charge in [-0.1, -0.05) is 47.5 Å². The van der Waals surface area contributed by atoms with Crippen molar-refractivity contribution in [2.75, 3.05) is 0 Å². The predicted molar refractivity (Wildman–Crippen MR) is 103 cm³/mol. The molecule has 3 rings (SSSR count). The molecule has 2 aromatic carbocycles. The van der Waals surface area contributed by atoms with Crippen LogP contribution in [0.25, 0.3) is 0 Å². The van der Waals surface area contributed by atoms with Gasteiger partial charge < -0.3 is 0 Å². The fourth-order valence-electron chi connectivity index (χ4n) is 3.59. The van der Waals surface area contributed by atoms with E-state index in [0.29, 0.717) is 0 Å². The van der Waals surface area contributed by atoms with Crippen LogP contribution in [0.3, 0.4) is 0 Å². The summed E-state index contributed by atoms with van der Waals surface area (Å²) in [5.74, 6) is 0. The second kappa shape index (κ2) is 6.34. The van der Waals surface area contributed by atoms with Gasteiger partial charge in [-0.3, -0.25) is 0 Å². The summed E-state index contributed by atoms with van der Waals surface area (Å²) < 4.78 is 4.60. The van der Waals surface area contributed by atoms with Crippen LogP contribution in [0.2, 0.25) is 10.0 Å². The highest BCUT2D eigenvalue weighted by Crippen LogP contribution is 2.36. The fourth-order valence-corrected chi connectivity index (χ4v) is 4.22. The average molecular weight is 361 g/mol. The first-order valence-corrected chi connectivity index (χ1v) is 8.86. The van der Waals surface area contributed by atoms with E-state index in [1.807, 2.05) is 24.3 Å². The van der Waals surface area contributed by atoms with Crippen molar-refractivity contribution in [3.05, 3.63) is 57.6 Å². The van der Waals surface area contributed by atoms with Gasteiger partial charge in [0.15, 0.2) is 0 Å². The van der Waals surface area contributed by atoms with Crippen LogP contribution in [0.15, 0.2) is 36.4 Å². The molecule has 124 valence electrons. The van der Waals surface area contributed by atoms with Crippen LogP contribution in [0.4, 0.5) is 11.4 Å². The number of nitrogens with zero attached hydrogens (tertiary/aromatic N) is 2. The number of benzene rings is 2. The lowest BCUT2D eigenvalue weighted by molar-refractivity contribution is -0.688. The number of hydrogen-bond donors (Lipinski definition) is 0. The van der Waals surface area contributed by atoms with Crippen LogP contribution in [-0.2, 0) is 0 Å². The van der Waals surface area contributed by atoms with Crippen LogP contribution in [0, 0.1) is 13.8 Å². The van der Waals surface area contributed by atoms with Crippen molar-refractivity contribution in [1.82, 2.24) is 0 Å². The molecule has 2 aromatic rings. The Morgan fingerprint density at radius 3 is 1.42 bits per heavy atom. The summed E-state index contributed by atoms with van der Waals surface area (Å²) in [4.78, 5) is 0. The molecule has 0 aliphatic carbocycles. The first-order valence-electron chi connectivity index (χ1n) is 8.10. The third-order valence-electron chi connectivity index (χ3n) is 4.85. The van der Waals surface area contributed by atoms with E-state index in [2.05, 4.69) is 55.9 Å². The first-order chi connectivity index (χ1) is 11.3. The first kappa shape index (κ1) is 17.2. The second-order valence-electron chi connectivity index (χ2n) is 6.35. The Labute approximate surface area is 153 Å². The Balaban J connectivity index is 2.21. The minimum Gasteiger partial charge on any atom is -0.127 e. The lowest BCUT2D eigenvalue weighted by Crippen LogP contribution is -2.26. The summed E-state index contributed by atoms with van der Waals surface area (Å²) in [6, 6.07) is 12.1. The number of para-hydroxylation sites is 2. The van der Waals surface area contributed by atoms with E-state index < -0.39 is 0 Å². The third kappa shape index (κ3) is 2.58. The zero-order chi connectivity index (χ0) is 17.6. The molecule has 0 atom stereocenters. The van der Waals surface area contributed by atoms with Crippen LogP contribution in [0.5, 0.6) is 0 Å². The third-order valence-corrected chi connectivity index (χ3v) is 5.46. The largest absolute Gasteiger partial charge is 0.351 e. The van der Waals surface area contributed by atoms with Crippen LogP contribution in [-0.4, -0.2) is 26.7 Å². The molecule has 24 heavy (non-hydrogen) atoms. The maximum absolute atomic E-state index is 6.54. The Morgan fingerprint density at radius 2 is 1.08 bits per heavy atom. The molecular formula is C20H22Cl2N2+2. The molecule has 0 amide bonds. The molecule has 0 saturated heterocycles. The molecule has 0 saturated carbocycles. The van der Waals surface area contributed by atoms with E-state index in [4.69, 9.17) is 23.2 Å². The van der Waals surface area contributed by atoms with E-state index in [0.717, 1.165) is 21.4 Å². The molecule has 0 unspecified atom stereocenters. The van der Waals surface area contributed by atoms with Crippen molar-refractivity contribution in [2.45, 2.75) is 40.8 Å². The molecule has 0 N–H and O–H groups in total. The highest BCUT2D eigenvalue weighted by molar-refractivity contribution is 6.38. The van der Waals surface area contributed by atoms with Crippen molar-refractivity contribution >= 4 is 46.0 Å². The van der Waals surface area contributed by atoms with Crippen LogP contribution >= 0.6 is 23.2 Å². The van der Waals surface area contributed by atoms with Gasteiger partial charge in [-0.25, -0.2) is 0 Å². The van der Waals surface area contributed by atoms with Crippen molar-refractivity contribution in [3.8, 4) is 0 Å². The van der Waals surface area contributed by atoms with Crippen molar-refractivity contribution in [2.24, 2.45) is 0 Å². The Hall–Kier alpha value is -1.64. The minimum absolute atomic E-state index is 0.0993. The topological polar surface area (TPSA) is 6.02 Å². The summed E-state index contributed by atoms with van der Waals surface area (Å²) in [6.45, 7) is 10.7. The average Bonchev–Trinajstić information content (AvgIpc) is 2.72. The highest BCUT2D eigenvalue weighted by Gasteiger charge is 2.45. The van der Waals surface area contributed by atoms with Gasteiger partial charge in [0, 0.05) is 25.0 Å². The zero-order valence-electron chi connectivity index (χ0n) is 14.7. The molecule has 0 aromatic heterocycles. The zero-order valence-corrected chi connectivity index (χ0v) is 16.2. The Kier molecular flexibility index (Phi) is 4.54. The smallest absolute Gasteiger partial charge is 0.127 e. The van der Waals surface area contributed by atoms with Gasteiger partial charge in [0.2, 0.25) is 11.4 Å². The summed E-state index contributed by atoms with van der Waals surface area (Å²) in [5.41, 5.74) is 6.85. The Bertz CT molecular complexity index is 781. The molecule has 0 radical (unpaired) electrons. The van der Waals surface area contributed by atoms with Crippen molar-refractivity contribution < 1.29 is 9.15 Å². The predicted octanol–water partition coefficient (Wildman–Crippen LogP) is 5.88. The standard InChI is InChI=1S/C20H22Cl2N2/c1-12-8-6-10-17(21)19(12)23-14(3)15(4)24(16(23)5)20-13(2)9-7-11-18(20)22/h6-11,16H,1-5H3/q+2. The van der Waals surface area contributed by atoms with Gasteiger partial charge in [-0.05, 0) is 26.0 Å². The number of halogens is 2. The summed E-state index contributed by atoms with van der Waals surface area (Å²) in [7, 11) is 0. The monoisotopic (exact) mass is 360 g/mol. The van der Waals surface area contributed by atoms with Gasteiger partial charge in [-0.2, -0.15) is 0 Å². The van der Waals surface area contributed by atoms with Crippen molar-refractivity contribution in [1.29, 1.82) is 0 Å². The molecule has 0 fully saturated rings. The fraction of sp³-hybridized carbons (Fsp3) is 0.300. The molecular weight excluding hydrogens is 339 g/mol. The molecule has 0 spiro atoms. The second-order valence-corrected chi connectivity index (χ2v) is 7.17. The molecule has 1 aliphatic rings. The molecule has 0 bridgehead atoms. The maximum atomic E-state index is 6.54.